The summed E-state index contributed by atoms with van der Waals surface area (Å²) in [5.41, 5.74) is 1.70. The van der Waals surface area contributed by atoms with Gasteiger partial charge in [-0.2, -0.15) is 18.3 Å². The van der Waals surface area contributed by atoms with E-state index in [0.29, 0.717) is 10.4 Å². The number of aromatic nitrogens is 2. The molecule has 4 nitrogen and oxygen atoms in total. The lowest BCUT2D eigenvalue weighted by Gasteiger charge is -2.19. The molecule has 0 aliphatic heterocycles. The van der Waals surface area contributed by atoms with Gasteiger partial charge in [-0.3, -0.25) is 9.48 Å². The molecular weight excluding hydrogens is 402 g/mol. The van der Waals surface area contributed by atoms with Gasteiger partial charge < -0.3 is 5.32 Å². The van der Waals surface area contributed by atoms with Gasteiger partial charge in [0.25, 0.3) is 5.91 Å². The molecule has 2 aromatic rings. The van der Waals surface area contributed by atoms with E-state index < -0.39 is 23.3 Å². The summed E-state index contributed by atoms with van der Waals surface area (Å²) in [7, 11) is 1.15. The van der Waals surface area contributed by atoms with Crippen LogP contribution in [-0.4, -0.2) is 15.7 Å². The molecule has 9 heteroatoms. The Hall–Kier alpha value is -1.99. The number of carbonyl (C=O) groups is 1. The fourth-order valence-electron chi connectivity index (χ4n) is 4.29. The molecule has 2 bridgehead atoms. The van der Waals surface area contributed by atoms with Crippen molar-refractivity contribution in [3.63, 3.8) is 0 Å². The van der Waals surface area contributed by atoms with Gasteiger partial charge in [0.2, 0.25) is 0 Å². The van der Waals surface area contributed by atoms with Gasteiger partial charge in [0, 0.05) is 24.6 Å². The molecule has 1 aromatic heterocycles. The van der Waals surface area contributed by atoms with Crippen molar-refractivity contribution in [3.8, 4) is 0 Å². The fraction of sp³-hybridized carbons (Fsp3) is 0.333. The first-order chi connectivity index (χ1) is 12.7. The van der Waals surface area contributed by atoms with Crippen LogP contribution in [0.25, 0.3) is 0 Å². The average Bonchev–Trinajstić information content (AvgIpc) is 3.25. The predicted molar refractivity (Wildman–Crippen MR) is 96.1 cm³/mol. The van der Waals surface area contributed by atoms with Crippen molar-refractivity contribution < 1.29 is 18.0 Å². The van der Waals surface area contributed by atoms with Crippen molar-refractivity contribution in [2.45, 2.75) is 30.9 Å². The molecule has 27 heavy (non-hydrogen) atoms. The predicted octanol–water partition coefficient (Wildman–Crippen LogP) is 5.36. The zero-order valence-corrected chi connectivity index (χ0v) is 15.6. The van der Waals surface area contributed by atoms with Gasteiger partial charge in [-0.15, -0.1) is 0 Å². The van der Waals surface area contributed by atoms with E-state index in [1.807, 2.05) is 6.07 Å². The maximum absolute atomic E-state index is 13.2. The van der Waals surface area contributed by atoms with Crippen LogP contribution in [0.5, 0.6) is 0 Å². The van der Waals surface area contributed by atoms with E-state index in [1.54, 1.807) is 12.1 Å². The number of benzene rings is 1. The second-order valence-corrected chi connectivity index (χ2v) is 7.64. The Bertz CT molecular complexity index is 977. The van der Waals surface area contributed by atoms with Crippen LogP contribution < -0.4 is 5.32 Å². The number of aryl methyl sites for hydroxylation is 1. The molecule has 142 valence electrons. The Morgan fingerprint density at radius 1 is 1.26 bits per heavy atom. The van der Waals surface area contributed by atoms with E-state index in [2.05, 4.69) is 10.4 Å². The van der Waals surface area contributed by atoms with Crippen LogP contribution in [-0.2, 0) is 13.2 Å². The third-order valence-electron chi connectivity index (χ3n) is 5.28. The van der Waals surface area contributed by atoms with E-state index in [9.17, 15) is 18.0 Å². The maximum atomic E-state index is 13.2. The molecule has 0 spiro atoms. The Balaban J connectivity index is 1.72. The minimum Gasteiger partial charge on any atom is -0.322 e. The quantitative estimate of drug-likeness (QED) is 0.717. The minimum absolute atomic E-state index is 0.0255. The second-order valence-electron chi connectivity index (χ2n) is 6.69. The van der Waals surface area contributed by atoms with E-state index >= 15 is 0 Å². The maximum Gasteiger partial charge on any atom is 0.433 e. The largest absolute Gasteiger partial charge is 0.433 e. The molecular formula is C18H14Cl2F3N3O. The molecule has 2 atom stereocenters. The van der Waals surface area contributed by atoms with Crippen molar-refractivity contribution in [2.24, 2.45) is 7.05 Å². The number of carbonyl (C=O) groups excluding carboxylic acids is 1. The SMILES string of the molecule is Cn1ncc(C(=O)Nc2cccc3c2C2CCC3C2=C(Cl)Cl)c1C(F)(F)F. The van der Waals surface area contributed by atoms with Crippen molar-refractivity contribution in [1.29, 1.82) is 0 Å². The van der Waals surface area contributed by atoms with E-state index in [0.717, 1.165) is 42.8 Å². The van der Waals surface area contributed by atoms with Crippen LogP contribution >= 0.6 is 23.2 Å². The molecule has 1 N–H and O–H groups in total. The van der Waals surface area contributed by atoms with Crippen molar-refractivity contribution in [1.82, 2.24) is 9.78 Å². The minimum atomic E-state index is -4.68. The number of alkyl halides is 3. The molecule has 0 saturated heterocycles. The zero-order chi connectivity index (χ0) is 19.5. The summed E-state index contributed by atoms with van der Waals surface area (Å²) in [6.07, 6.45) is -2.01. The summed E-state index contributed by atoms with van der Waals surface area (Å²) in [6.45, 7) is 0. The van der Waals surface area contributed by atoms with E-state index in [-0.39, 0.29) is 16.3 Å². The van der Waals surface area contributed by atoms with Gasteiger partial charge in [-0.1, -0.05) is 35.3 Å². The highest BCUT2D eigenvalue weighted by atomic mass is 35.5. The molecule has 1 fully saturated rings. The number of amides is 1. The first-order valence-corrected chi connectivity index (χ1v) is 9.04. The van der Waals surface area contributed by atoms with Crippen molar-refractivity contribution >= 4 is 34.8 Å². The van der Waals surface area contributed by atoms with Crippen LogP contribution in [0.2, 0.25) is 0 Å². The van der Waals surface area contributed by atoms with Gasteiger partial charge in [-0.05, 0) is 35.6 Å². The summed E-state index contributed by atoms with van der Waals surface area (Å²) in [5, 5.41) is 6.21. The number of allylic oxidation sites excluding steroid dienone is 1. The number of nitrogens with zero attached hydrogens (tertiary/aromatic N) is 2. The topological polar surface area (TPSA) is 46.9 Å². The molecule has 2 aliphatic rings. The third-order valence-corrected chi connectivity index (χ3v) is 5.71. The normalized spacial score (nSPS) is 20.7. The standard InChI is InChI=1S/C18H14Cl2F3N3O/c1-26-15(18(21,22)23)11(7-24-26)17(27)25-12-4-2-3-8-9-5-6-10(13(8)12)14(9)16(19)20/h2-4,7,9-10H,5-6H2,1H3,(H,25,27). The van der Waals surface area contributed by atoms with Crippen LogP contribution in [0.3, 0.4) is 0 Å². The second kappa shape index (κ2) is 6.27. The van der Waals surface area contributed by atoms with E-state index in [4.69, 9.17) is 23.2 Å². The number of nitrogens with one attached hydrogen (secondary N) is 1. The Labute approximate surface area is 162 Å². The van der Waals surface area contributed by atoms with E-state index in [1.165, 1.54) is 0 Å². The highest BCUT2D eigenvalue weighted by Crippen LogP contribution is 2.60. The Morgan fingerprint density at radius 2 is 1.96 bits per heavy atom. The monoisotopic (exact) mass is 415 g/mol. The van der Waals surface area contributed by atoms with Gasteiger partial charge in [0.15, 0.2) is 5.69 Å². The van der Waals surface area contributed by atoms with Crippen LogP contribution in [0.15, 0.2) is 34.5 Å². The highest BCUT2D eigenvalue weighted by molar-refractivity contribution is 6.56. The fourth-order valence-corrected chi connectivity index (χ4v) is 4.81. The van der Waals surface area contributed by atoms with Gasteiger partial charge >= 0.3 is 6.18 Å². The summed E-state index contributed by atoms with van der Waals surface area (Å²) >= 11 is 12.1. The van der Waals surface area contributed by atoms with Gasteiger partial charge in [0.1, 0.15) is 4.49 Å². The number of halogens is 5. The number of fused-ring (bicyclic) bond motifs is 5. The first kappa shape index (κ1) is 18.4. The molecule has 1 saturated carbocycles. The summed E-state index contributed by atoms with van der Waals surface area (Å²) in [6, 6.07) is 5.39. The Morgan fingerprint density at radius 3 is 2.63 bits per heavy atom. The van der Waals surface area contributed by atoms with Gasteiger partial charge in [0.05, 0.1) is 11.8 Å². The van der Waals surface area contributed by atoms with Crippen LogP contribution in [0.4, 0.5) is 18.9 Å². The Kier molecular flexibility index (Phi) is 4.27. The molecule has 1 heterocycles. The number of rotatable bonds is 2. The molecule has 1 amide bonds. The lowest BCUT2D eigenvalue weighted by molar-refractivity contribution is -0.144. The molecule has 4 rings (SSSR count). The zero-order valence-electron chi connectivity index (χ0n) is 14.1. The lowest BCUT2D eigenvalue weighted by Crippen LogP contribution is -2.21. The lowest BCUT2D eigenvalue weighted by atomic mass is 9.90. The number of anilines is 1. The van der Waals surface area contributed by atoms with Gasteiger partial charge in [-0.25, -0.2) is 0 Å². The van der Waals surface area contributed by atoms with Crippen LogP contribution in [0, 0.1) is 0 Å². The molecule has 2 unspecified atom stereocenters. The smallest absolute Gasteiger partial charge is 0.322 e. The molecule has 0 radical (unpaired) electrons. The van der Waals surface area contributed by atoms with Crippen LogP contribution in [0.1, 0.15) is 51.9 Å². The highest BCUT2D eigenvalue weighted by Gasteiger charge is 2.45. The molecule has 1 aromatic carbocycles. The van der Waals surface area contributed by atoms with Crippen molar-refractivity contribution in [2.75, 3.05) is 5.32 Å². The average molecular weight is 416 g/mol. The first-order valence-electron chi connectivity index (χ1n) is 8.28. The van der Waals surface area contributed by atoms with Crippen molar-refractivity contribution in [3.05, 3.63) is 56.8 Å². The summed E-state index contributed by atoms with van der Waals surface area (Å²) in [5.74, 6) is -0.785. The number of hydrogen-bond donors (Lipinski definition) is 1. The third kappa shape index (κ3) is 2.84. The molecule has 2 aliphatic carbocycles. The number of hydrogen-bond acceptors (Lipinski definition) is 2. The summed E-state index contributed by atoms with van der Waals surface area (Å²) < 4.78 is 40.6. The summed E-state index contributed by atoms with van der Waals surface area (Å²) in [4.78, 5) is 12.6.